The predicted molar refractivity (Wildman–Crippen MR) is 85.8 cm³/mol. The van der Waals surface area contributed by atoms with Crippen molar-refractivity contribution in [2.75, 3.05) is 11.9 Å². The van der Waals surface area contributed by atoms with Gasteiger partial charge in [0.15, 0.2) is 5.16 Å². The first-order valence-corrected chi connectivity index (χ1v) is 7.81. The van der Waals surface area contributed by atoms with Gasteiger partial charge in [0.05, 0.1) is 0 Å². The van der Waals surface area contributed by atoms with Crippen molar-refractivity contribution < 1.29 is 0 Å². The maximum Gasteiger partial charge on any atom is 0.194 e. The fraction of sp³-hybridized carbons (Fsp3) is 0.467. The van der Waals surface area contributed by atoms with Gasteiger partial charge in [-0.15, -0.1) is 0 Å². The molecule has 0 saturated carbocycles. The Morgan fingerprint density at radius 3 is 2.57 bits per heavy atom. The molecular weight excluding hydrogens is 282 g/mol. The Morgan fingerprint density at radius 1 is 1.19 bits per heavy atom. The normalized spacial score (nSPS) is 11.5. The van der Waals surface area contributed by atoms with Crippen molar-refractivity contribution >= 4 is 17.6 Å². The smallest absolute Gasteiger partial charge is 0.194 e. The topological polar surface area (TPSA) is 63.6 Å². The molecule has 2 heterocycles. The van der Waals surface area contributed by atoms with Crippen LogP contribution < -0.4 is 5.32 Å². The van der Waals surface area contributed by atoms with Gasteiger partial charge in [-0.2, -0.15) is 0 Å². The Bertz CT molecular complexity index is 622. The monoisotopic (exact) mass is 303 g/mol. The number of aryl methyl sites for hydroxylation is 1. The number of nitrogens with zero attached hydrogens (tertiary/aromatic N) is 4. The van der Waals surface area contributed by atoms with Gasteiger partial charge in [-0.05, 0) is 31.7 Å². The van der Waals surface area contributed by atoms with Crippen LogP contribution in [-0.2, 0) is 5.41 Å². The third-order valence-electron chi connectivity index (χ3n) is 2.70. The van der Waals surface area contributed by atoms with Gasteiger partial charge >= 0.3 is 0 Å². The minimum Gasteiger partial charge on any atom is -0.370 e. The highest BCUT2D eigenvalue weighted by Crippen LogP contribution is 2.28. The third-order valence-corrected chi connectivity index (χ3v) is 3.50. The lowest BCUT2D eigenvalue weighted by molar-refractivity contribution is 0.539. The van der Waals surface area contributed by atoms with Crippen molar-refractivity contribution in [1.29, 1.82) is 0 Å². The Morgan fingerprint density at radius 2 is 1.95 bits per heavy atom. The molecule has 2 aromatic heterocycles. The third kappa shape index (κ3) is 4.39. The number of hydrogen-bond donors (Lipinski definition) is 1. The Hall–Kier alpha value is -1.69. The van der Waals surface area contributed by atoms with Crippen molar-refractivity contribution in [3.05, 3.63) is 29.8 Å². The van der Waals surface area contributed by atoms with E-state index in [4.69, 9.17) is 0 Å². The zero-order valence-corrected chi connectivity index (χ0v) is 14.0. The molecule has 1 N–H and O–H groups in total. The summed E-state index contributed by atoms with van der Waals surface area (Å²) < 4.78 is 0. The predicted octanol–water partition coefficient (Wildman–Crippen LogP) is 3.46. The maximum atomic E-state index is 4.64. The van der Waals surface area contributed by atoms with E-state index in [0.717, 1.165) is 28.9 Å². The summed E-state index contributed by atoms with van der Waals surface area (Å²) in [6.07, 6.45) is 1.77. The number of hydrogen-bond acceptors (Lipinski definition) is 6. The molecule has 112 valence electrons. The van der Waals surface area contributed by atoms with E-state index in [1.165, 1.54) is 11.8 Å². The van der Waals surface area contributed by atoms with E-state index in [2.05, 4.69) is 52.9 Å². The zero-order chi connectivity index (χ0) is 15.5. The average molecular weight is 303 g/mol. The van der Waals surface area contributed by atoms with Gasteiger partial charge in [0.1, 0.15) is 16.7 Å². The molecule has 0 fully saturated rings. The number of nitrogens with one attached hydrogen (secondary N) is 1. The molecule has 0 saturated heterocycles. The number of rotatable bonds is 4. The quantitative estimate of drug-likeness (QED) is 0.689. The molecule has 0 spiro atoms. The molecule has 0 radical (unpaired) electrons. The lowest BCUT2D eigenvalue weighted by Gasteiger charge is -2.18. The molecule has 0 atom stereocenters. The van der Waals surface area contributed by atoms with E-state index in [0.29, 0.717) is 5.16 Å². The average Bonchev–Trinajstić information content (AvgIpc) is 2.37. The van der Waals surface area contributed by atoms with E-state index in [1.807, 2.05) is 19.1 Å². The summed E-state index contributed by atoms with van der Waals surface area (Å²) in [5.74, 6) is 1.66. The van der Waals surface area contributed by atoms with Crippen molar-refractivity contribution in [3.8, 4) is 0 Å². The molecule has 0 amide bonds. The van der Waals surface area contributed by atoms with Crippen molar-refractivity contribution in [1.82, 2.24) is 19.9 Å². The number of aromatic nitrogens is 4. The molecule has 0 aliphatic heterocycles. The van der Waals surface area contributed by atoms with Crippen molar-refractivity contribution in [2.45, 2.75) is 50.2 Å². The zero-order valence-electron chi connectivity index (χ0n) is 13.1. The molecule has 0 bridgehead atoms. The largest absolute Gasteiger partial charge is 0.370 e. The summed E-state index contributed by atoms with van der Waals surface area (Å²) in [5, 5.41) is 4.81. The van der Waals surface area contributed by atoms with Gasteiger partial charge < -0.3 is 5.32 Å². The molecule has 5 nitrogen and oxygen atoms in total. The van der Waals surface area contributed by atoms with Crippen LogP contribution in [0.2, 0.25) is 0 Å². The SMILES string of the molecule is CCNc1cc(Sc2nccc(C)n2)nc(C(C)(C)C)n1. The summed E-state index contributed by atoms with van der Waals surface area (Å²) in [7, 11) is 0. The molecule has 0 unspecified atom stereocenters. The van der Waals surface area contributed by atoms with E-state index in [9.17, 15) is 0 Å². The van der Waals surface area contributed by atoms with Crippen LogP contribution in [0.25, 0.3) is 0 Å². The van der Waals surface area contributed by atoms with E-state index >= 15 is 0 Å². The lowest BCUT2D eigenvalue weighted by Crippen LogP contribution is -2.17. The second-order valence-electron chi connectivity index (χ2n) is 5.78. The van der Waals surface area contributed by atoms with Crippen molar-refractivity contribution in [3.63, 3.8) is 0 Å². The Labute approximate surface area is 130 Å². The van der Waals surface area contributed by atoms with Gasteiger partial charge in [-0.3, -0.25) is 0 Å². The highest BCUT2D eigenvalue weighted by atomic mass is 32.2. The summed E-state index contributed by atoms with van der Waals surface area (Å²) in [6, 6.07) is 3.82. The van der Waals surface area contributed by atoms with E-state index in [1.54, 1.807) is 6.20 Å². The highest BCUT2D eigenvalue weighted by molar-refractivity contribution is 7.99. The van der Waals surface area contributed by atoms with Gasteiger partial charge in [0.25, 0.3) is 0 Å². The molecule has 0 aliphatic carbocycles. The van der Waals surface area contributed by atoms with Crippen LogP contribution in [-0.4, -0.2) is 26.5 Å². The van der Waals surface area contributed by atoms with Gasteiger partial charge in [-0.1, -0.05) is 20.8 Å². The molecular formula is C15H21N5S. The highest BCUT2D eigenvalue weighted by Gasteiger charge is 2.19. The van der Waals surface area contributed by atoms with Crippen LogP contribution in [0.4, 0.5) is 5.82 Å². The van der Waals surface area contributed by atoms with Gasteiger partial charge in [0, 0.05) is 29.9 Å². The second-order valence-corrected chi connectivity index (χ2v) is 6.77. The van der Waals surface area contributed by atoms with Gasteiger partial charge in [0.2, 0.25) is 0 Å². The van der Waals surface area contributed by atoms with Crippen LogP contribution >= 0.6 is 11.8 Å². The Balaban J connectivity index is 2.35. The minimum atomic E-state index is -0.103. The van der Waals surface area contributed by atoms with Crippen LogP contribution in [0.3, 0.4) is 0 Å². The lowest BCUT2D eigenvalue weighted by atomic mass is 9.96. The second kappa shape index (κ2) is 6.39. The number of anilines is 1. The molecule has 21 heavy (non-hydrogen) atoms. The first kappa shape index (κ1) is 15.7. The van der Waals surface area contributed by atoms with Gasteiger partial charge in [-0.25, -0.2) is 19.9 Å². The van der Waals surface area contributed by atoms with Crippen LogP contribution in [0.5, 0.6) is 0 Å². The van der Waals surface area contributed by atoms with E-state index < -0.39 is 0 Å². The molecule has 2 aromatic rings. The first-order valence-electron chi connectivity index (χ1n) is 6.99. The summed E-state index contributed by atoms with van der Waals surface area (Å²) in [5.41, 5.74) is 0.846. The molecule has 2 rings (SSSR count). The summed E-state index contributed by atoms with van der Waals surface area (Å²) >= 11 is 1.46. The van der Waals surface area contributed by atoms with Crippen molar-refractivity contribution in [2.24, 2.45) is 0 Å². The van der Waals surface area contributed by atoms with Crippen LogP contribution in [0, 0.1) is 6.92 Å². The van der Waals surface area contributed by atoms with E-state index in [-0.39, 0.29) is 5.41 Å². The minimum absolute atomic E-state index is 0.103. The maximum absolute atomic E-state index is 4.64. The van der Waals surface area contributed by atoms with Crippen LogP contribution in [0.15, 0.2) is 28.5 Å². The molecule has 6 heteroatoms. The fourth-order valence-electron chi connectivity index (χ4n) is 1.65. The standard InChI is InChI=1S/C15H21N5S/c1-6-16-11-9-12(20-13(19-11)15(3,4)5)21-14-17-8-7-10(2)18-14/h7-9H,6H2,1-5H3,(H,16,19,20). The Kier molecular flexibility index (Phi) is 4.77. The summed E-state index contributed by atoms with van der Waals surface area (Å²) in [6.45, 7) is 11.2. The molecule has 0 aliphatic rings. The first-order chi connectivity index (χ1) is 9.88. The summed E-state index contributed by atoms with van der Waals surface area (Å²) in [4.78, 5) is 17.9. The van der Waals surface area contributed by atoms with Crippen LogP contribution in [0.1, 0.15) is 39.2 Å². The fourth-order valence-corrected chi connectivity index (χ4v) is 2.45. The molecule has 0 aromatic carbocycles.